The number of para-hydroxylation sites is 1. The third kappa shape index (κ3) is 3.38. The summed E-state index contributed by atoms with van der Waals surface area (Å²) >= 11 is 0. The lowest BCUT2D eigenvalue weighted by molar-refractivity contribution is -0.384. The average Bonchev–Trinajstić information content (AvgIpc) is 2.99. The van der Waals surface area contributed by atoms with Crippen LogP contribution >= 0.6 is 0 Å². The van der Waals surface area contributed by atoms with Crippen molar-refractivity contribution >= 4 is 28.8 Å². The highest BCUT2D eigenvalue weighted by atomic mass is 16.6. The second kappa shape index (κ2) is 7.48. The molecule has 2 amide bonds. The number of nitro groups is 1. The van der Waals surface area contributed by atoms with E-state index in [1.54, 1.807) is 24.3 Å². The van der Waals surface area contributed by atoms with Crippen LogP contribution in [0.1, 0.15) is 5.56 Å². The molecule has 4 rings (SSSR count). The number of amides is 2. The maximum atomic E-state index is 13.3. The molecular formula is C21H20N4O4. The van der Waals surface area contributed by atoms with Crippen molar-refractivity contribution in [2.75, 3.05) is 38.1 Å². The molecule has 0 atom stereocenters. The lowest BCUT2D eigenvalue weighted by Crippen LogP contribution is -2.46. The summed E-state index contributed by atoms with van der Waals surface area (Å²) in [5.41, 5.74) is 1.60. The van der Waals surface area contributed by atoms with Crippen molar-refractivity contribution in [2.45, 2.75) is 0 Å². The van der Waals surface area contributed by atoms with E-state index in [9.17, 15) is 19.7 Å². The molecule has 1 fully saturated rings. The Morgan fingerprint density at radius 2 is 1.48 bits per heavy atom. The van der Waals surface area contributed by atoms with Crippen LogP contribution in [0.25, 0.3) is 5.57 Å². The van der Waals surface area contributed by atoms with Gasteiger partial charge in [-0.05, 0) is 36.9 Å². The van der Waals surface area contributed by atoms with Crippen molar-refractivity contribution in [1.29, 1.82) is 0 Å². The minimum absolute atomic E-state index is 0.0628. The topological polar surface area (TPSA) is 87.0 Å². The number of likely N-dealkylation sites (N-methyl/N-ethyl adjacent to an activating group) is 1. The summed E-state index contributed by atoms with van der Waals surface area (Å²) in [4.78, 5) is 42.5. The van der Waals surface area contributed by atoms with Gasteiger partial charge in [-0.2, -0.15) is 0 Å². The Morgan fingerprint density at radius 3 is 2.07 bits per heavy atom. The van der Waals surface area contributed by atoms with Gasteiger partial charge in [0.1, 0.15) is 5.70 Å². The molecule has 2 aromatic rings. The van der Waals surface area contributed by atoms with Gasteiger partial charge in [-0.3, -0.25) is 19.7 Å². The van der Waals surface area contributed by atoms with Gasteiger partial charge in [0, 0.05) is 38.3 Å². The number of nitrogens with zero attached hydrogens (tertiary/aromatic N) is 4. The van der Waals surface area contributed by atoms with E-state index < -0.39 is 10.8 Å². The monoisotopic (exact) mass is 392 g/mol. The molecule has 0 bridgehead atoms. The molecule has 2 aliphatic rings. The molecule has 8 nitrogen and oxygen atoms in total. The molecule has 8 heteroatoms. The molecule has 2 aliphatic heterocycles. The van der Waals surface area contributed by atoms with E-state index in [-0.39, 0.29) is 11.6 Å². The van der Waals surface area contributed by atoms with E-state index >= 15 is 0 Å². The van der Waals surface area contributed by atoms with E-state index in [1.165, 1.54) is 29.2 Å². The fourth-order valence-electron chi connectivity index (χ4n) is 3.66. The Hall–Kier alpha value is -3.52. The van der Waals surface area contributed by atoms with Gasteiger partial charge in [-0.25, -0.2) is 4.90 Å². The molecule has 1 saturated heterocycles. The van der Waals surface area contributed by atoms with Crippen molar-refractivity contribution in [3.05, 3.63) is 76.0 Å². The first-order valence-corrected chi connectivity index (χ1v) is 9.34. The number of rotatable bonds is 4. The number of carbonyl (C=O) groups excluding carboxylic acids is 2. The summed E-state index contributed by atoms with van der Waals surface area (Å²) in [7, 11) is 2.01. The van der Waals surface area contributed by atoms with Gasteiger partial charge in [0.2, 0.25) is 0 Å². The number of benzene rings is 2. The number of nitro benzene ring substituents is 1. The smallest absolute Gasteiger partial charge is 0.282 e. The number of anilines is 1. The van der Waals surface area contributed by atoms with Crippen LogP contribution in [0.3, 0.4) is 0 Å². The molecule has 0 radical (unpaired) electrons. The van der Waals surface area contributed by atoms with Crippen molar-refractivity contribution < 1.29 is 14.5 Å². The Balaban J connectivity index is 1.80. The molecule has 0 unspecified atom stereocenters. The standard InChI is InChI=1S/C21H20N4O4/c1-22-11-13-23(14-12-22)19-18(15-7-9-17(10-8-15)25(28)29)20(26)24(21(19)27)16-5-3-2-4-6-16/h2-10H,11-14H2,1H3. The van der Waals surface area contributed by atoms with E-state index in [0.717, 1.165) is 13.1 Å². The minimum Gasteiger partial charge on any atom is -0.364 e. The second-order valence-corrected chi connectivity index (χ2v) is 7.10. The average molecular weight is 392 g/mol. The maximum absolute atomic E-state index is 13.3. The SMILES string of the molecule is CN1CCN(C2=C(c3ccc([N+](=O)[O-])cc3)C(=O)N(c3ccccc3)C2=O)CC1. The van der Waals surface area contributed by atoms with Gasteiger partial charge in [0.05, 0.1) is 16.2 Å². The van der Waals surface area contributed by atoms with Gasteiger partial charge in [0.15, 0.2) is 0 Å². The quantitative estimate of drug-likeness (QED) is 0.450. The van der Waals surface area contributed by atoms with Crippen LogP contribution in [0.15, 0.2) is 60.3 Å². The predicted octanol–water partition coefficient (Wildman–Crippen LogP) is 2.13. The summed E-state index contributed by atoms with van der Waals surface area (Å²) in [6.45, 7) is 2.82. The van der Waals surface area contributed by atoms with Crippen LogP contribution in [0.4, 0.5) is 11.4 Å². The molecule has 0 spiro atoms. The second-order valence-electron chi connectivity index (χ2n) is 7.10. The Kier molecular flexibility index (Phi) is 4.85. The number of carbonyl (C=O) groups is 2. The van der Waals surface area contributed by atoms with Crippen molar-refractivity contribution in [1.82, 2.24) is 9.80 Å². The van der Waals surface area contributed by atoms with Crippen LogP contribution in [-0.2, 0) is 9.59 Å². The first-order valence-electron chi connectivity index (χ1n) is 9.34. The molecule has 0 saturated carbocycles. The highest BCUT2D eigenvalue weighted by molar-refractivity contribution is 6.45. The van der Waals surface area contributed by atoms with Crippen LogP contribution in [-0.4, -0.2) is 59.8 Å². The van der Waals surface area contributed by atoms with Crippen LogP contribution in [0.5, 0.6) is 0 Å². The normalized spacial score (nSPS) is 18.0. The molecule has 29 heavy (non-hydrogen) atoms. The number of piperazine rings is 1. The maximum Gasteiger partial charge on any atom is 0.282 e. The summed E-state index contributed by atoms with van der Waals surface area (Å²) in [5, 5.41) is 11.0. The molecule has 2 aromatic carbocycles. The summed E-state index contributed by atoms with van der Waals surface area (Å²) in [6.07, 6.45) is 0. The molecule has 0 N–H and O–H groups in total. The fraction of sp³-hybridized carbons (Fsp3) is 0.238. The largest absolute Gasteiger partial charge is 0.364 e. The van der Waals surface area contributed by atoms with Gasteiger partial charge in [-0.15, -0.1) is 0 Å². The Labute approximate surface area is 167 Å². The van der Waals surface area contributed by atoms with Gasteiger partial charge < -0.3 is 9.80 Å². The molecular weight excluding hydrogens is 372 g/mol. The van der Waals surface area contributed by atoms with Crippen LogP contribution < -0.4 is 4.90 Å². The zero-order valence-corrected chi connectivity index (χ0v) is 15.9. The summed E-state index contributed by atoms with van der Waals surface area (Å²) in [6, 6.07) is 14.6. The number of non-ortho nitro benzene ring substituents is 1. The fourth-order valence-corrected chi connectivity index (χ4v) is 3.66. The predicted molar refractivity (Wildman–Crippen MR) is 108 cm³/mol. The summed E-state index contributed by atoms with van der Waals surface area (Å²) in [5.74, 6) is -0.775. The van der Waals surface area contributed by atoms with Crippen LogP contribution in [0.2, 0.25) is 0 Å². The van der Waals surface area contributed by atoms with E-state index in [0.29, 0.717) is 35.6 Å². The van der Waals surface area contributed by atoms with Gasteiger partial charge >= 0.3 is 0 Å². The van der Waals surface area contributed by atoms with E-state index in [2.05, 4.69) is 4.90 Å². The Morgan fingerprint density at radius 1 is 0.862 bits per heavy atom. The van der Waals surface area contributed by atoms with Crippen molar-refractivity contribution in [3.8, 4) is 0 Å². The Bertz CT molecular complexity index is 993. The van der Waals surface area contributed by atoms with E-state index in [1.807, 2.05) is 18.0 Å². The number of imide groups is 1. The highest BCUT2D eigenvalue weighted by Gasteiger charge is 2.42. The van der Waals surface area contributed by atoms with Crippen molar-refractivity contribution in [3.63, 3.8) is 0 Å². The number of hydrogen-bond donors (Lipinski definition) is 0. The first-order chi connectivity index (χ1) is 14.0. The first kappa shape index (κ1) is 18.8. The van der Waals surface area contributed by atoms with Crippen LogP contribution in [0, 0.1) is 10.1 Å². The molecule has 2 heterocycles. The molecule has 0 aromatic heterocycles. The van der Waals surface area contributed by atoms with Gasteiger partial charge in [0.25, 0.3) is 17.5 Å². The third-order valence-electron chi connectivity index (χ3n) is 5.26. The zero-order valence-electron chi connectivity index (χ0n) is 15.9. The highest BCUT2D eigenvalue weighted by Crippen LogP contribution is 2.35. The lowest BCUT2D eigenvalue weighted by Gasteiger charge is -2.34. The zero-order chi connectivity index (χ0) is 20.5. The minimum atomic E-state index is -0.489. The lowest BCUT2D eigenvalue weighted by atomic mass is 10.0. The third-order valence-corrected chi connectivity index (χ3v) is 5.26. The van der Waals surface area contributed by atoms with E-state index in [4.69, 9.17) is 0 Å². The molecule has 0 aliphatic carbocycles. The molecule has 148 valence electrons. The summed E-state index contributed by atoms with van der Waals surface area (Å²) < 4.78 is 0. The number of hydrogen-bond acceptors (Lipinski definition) is 6. The van der Waals surface area contributed by atoms with Gasteiger partial charge in [-0.1, -0.05) is 18.2 Å². The van der Waals surface area contributed by atoms with Crippen molar-refractivity contribution in [2.24, 2.45) is 0 Å².